The number of nitrogens with zero attached hydrogens (tertiary/aromatic N) is 1. The number of carbonyl (C=O) groups is 1. The highest BCUT2D eigenvalue weighted by atomic mass is 16.2. The summed E-state index contributed by atoms with van der Waals surface area (Å²) in [5.41, 5.74) is 0.388. The van der Waals surface area contributed by atoms with Crippen molar-refractivity contribution in [3.63, 3.8) is 0 Å². The van der Waals surface area contributed by atoms with Gasteiger partial charge in [-0.1, -0.05) is 20.8 Å². The van der Waals surface area contributed by atoms with Gasteiger partial charge in [0.15, 0.2) is 0 Å². The molecule has 3 heteroatoms. The molecule has 2 bridgehead atoms. The Morgan fingerprint density at radius 1 is 1.24 bits per heavy atom. The maximum absolute atomic E-state index is 12.1. The summed E-state index contributed by atoms with van der Waals surface area (Å²) in [5.74, 6) is 1.07. The van der Waals surface area contributed by atoms with Crippen LogP contribution in [0.5, 0.6) is 0 Å². The zero-order valence-electron chi connectivity index (χ0n) is 11.6. The second-order valence-corrected chi connectivity index (χ2v) is 6.75. The lowest BCUT2D eigenvalue weighted by Gasteiger charge is -2.44. The van der Waals surface area contributed by atoms with E-state index in [1.165, 1.54) is 25.7 Å². The molecule has 2 heterocycles. The molecule has 0 aromatic carbocycles. The third kappa shape index (κ3) is 2.49. The summed E-state index contributed by atoms with van der Waals surface area (Å²) in [6.07, 6.45) is 4.84. The number of rotatable bonds is 2. The van der Waals surface area contributed by atoms with Crippen LogP contribution in [-0.2, 0) is 4.79 Å². The van der Waals surface area contributed by atoms with Gasteiger partial charge in [-0.15, -0.1) is 0 Å². The van der Waals surface area contributed by atoms with Crippen LogP contribution in [0.25, 0.3) is 0 Å². The largest absolute Gasteiger partial charge is 0.336 e. The molecule has 2 aliphatic heterocycles. The highest BCUT2D eigenvalue weighted by Gasteiger charge is 2.45. The van der Waals surface area contributed by atoms with E-state index in [2.05, 4.69) is 31.0 Å². The van der Waals surface area contributed by atoms with Crippen molar-refractivity contribution in [1.29, 1.82) is 0 Å². The molecule has 1 unspecified atom stereocenters. The van der Waals surface area contributed by atoms with Crippen LogP contribution in [0.1, 0.15) is 46.5 Å². The molecule has 0 radical (unpaired) electrons. The van der Waals surface area contributed by atoms with Gasteiger partial charge in [-0.25, -0.2) is 0 Å². The van der Waals surface area contributed by atoms with Gasteiger partial charge < -0.3 is 10.2 Å². The predicted octanol–water partition coefficient (Wildman–Crippen LogP) is 2.02. The molecule has 0 saturated carbocycles. The third-order valence-corrected chi connectivity index (χ3v) is 4.57. The summed E-state index contributed by atoms with van der Waals surface area (Å²) in [6.45, 7) is 7.50. The quantitative estimate of drug-likeness (QED) is 0.798. The lowest BCUT2D eigenvalue weighted by molar-refractivity contribution is -0.136. The fraction of sp³-hybridized carbons (Fsp3) is 0.929. The van der Waals surface area contributed by atoms with Crippen molar-refractivity contribution in [2.45, 2.75) is 58.5 Å². The normalized spacial score (nSPS) is 32.9. The number of likely N-dealkylation sites (N-methyl/N-ethyl adjacent to an activating group) is 1. The number of amides is 1. The number of piperidine rings is 1. The summed E-state index contributed by atoms with van der Waals surface area (Å²) in [6, 6.07) is 1.03. The van der Waals surface area contributed by atoms with E-state index in [9.17, 15) is 4.79 Å². The molecule has 1 amide bonds. The van der Waals surface area contributed by atoms with Crippen molar-refractivity contribution in [1.82, 2.24) is 10.2 Å². The van der Waals surface area contributed by atoms with Gasteiger partial charge in [0, 0.05) is 12.1 Å². The number of carbonyl (C=O) groups excluding carboxylic acids is 1. The number of hydrogen-bond donors (Lipinski definition) is 1. The van der Waals surface area contributed by atoms with Gasteiger partial charge in [0.1, 0.15) is 0 Å². The van der Waals surface area contributed by atoms with E-state index in [4.69, 9.17) is 0 Å². The first-order valence-corrected chi connectivity index (χ1v) is 6.89. The van der Waals surface area contributed by atoms with E-state index in [1.807, 2.05) is 7.05 Å². The molecule has 2 saturated heterocycles. The Kier molecular flexibility index (Phi) is 3.48. The first-order valence-electron chi connectivity index (χ1n) is 6.89. The van der Waals surface area contributed by atoms with Crippen LogP contribution in [0.2, 0.25) is 0 Å². The molecule has 0 aromatic heterocycles. The predicted molar refractivity (Wildman–Crippen MR) is 69.8 cm³/mol. The highest BCUT2D eigenvalue weighted by Crippen LogP contribution is 2.45. The lowest BCUT2D eigenvalue weighted by atomic mass is 9.73. The number of nitrogens with one attached hydrogen (secondary N) is 1. The van der Waals surface area contributed by atoms with Gasteiger partial charge in [0.2, 0.25) is 5.91 Å². The lowest BCUT2D eigenvalue weighted by Crippen LogP contribution is -2.50. The molecule has 17 heavy (non-hydrogen) atoms. The van der Waals surface area contributed by atoms with E-state index in [0.29, 0.717) is 30.0 Å². The molecule has 2 rings (SSSR count). The van der Waals surface area contributed by atoms with E-state index in [-0.39, 0.29) is 0 Å². The summed E-state index contributed by atoms with van der Waals surface area (Å²) in [4.78, 5) is 14.3. The van der Waals surface area contributed by atoms with Gasteiger partial charge in [-0.3, -0.25) is 4.79 Å². The Morgan fingerprint density at radius 3 is 2.18 bits per heavy atom. The van der Waals surface area contributed by atoms with Crippen LogP contribution in [0.3, 0.4) is 0 Å². The van der Waals surface area contributed by atoms with E-state index in [1.54, 1.807) is 0 Å². The average Bonchev–Trinajstić information content (AvgIpc) is 2.48. The van der Waals surface area contributed by atoms with Crippen LogP contribution in [0, 0.1) is 11.3 Å². The first-order chi connectivity index (χ1) is 7.93. The molecule has 0 aliphatic carbocycles. The Labute approximate surface area is 105 Å². The van der Waals surface area contributed by atoms with Gasteiger partial charge in [-0.2, -0.15) is 0 Å². The fourth-order valence-electron chi connectivity index (χ4n) is 3.53. The van der Waals surface area contributed by atoms with Crippen molar-refractivity contribution < 1.29 is 4.79 Å². The maximum atomic E-state index is 12.1. The van der Waals surface area contributed by atoms with Crippen LogP contribution in [0.15, 0.2) is 0 Å². The van der Waals surface area contributed by atoms with Gasteiger partial charge in [0.25, 0.3) is 0 Å². The van der Waals surface area contributed by atoms with E-state index < -0.39 is 0 Å². The minimum Gasteiger partial charge on any atom is -0.336 e. The second kappa shape index (κ2) is 4.60. The molecule has 3 atom stereocenters. The summed E-state index contributed by atoms with van der Waals surface area (Å²) < 4.78 is 0. The number of hydrogen-bond acceptors (Lipinski definition) is 2. The monoisotopic (exact) mass is 238 g/mol. The minimum atomic E-state index is 0.298. The zero-order valence-corrected chi connectivity index (χ0v) is 11.6. The molecule has 2 aliphatic rings. The molecule has 2 fully saturated rings. The Bertz CT molecular complexity index is 281. The number of fused-ring (bicyclic) bond motifs is 2. The standard InChI is InChI=1S/C14H26N2O/c1-14(2,3)10-7-11-5-6-12(8-10)16(11)13(17)9-15-4/h10-12,15H,5-9H2,1-4H3/t10?,11-,12+. The molecule has 0 aromatic rings. The fourth-order valence-corrected chi connectivity index (χ4v) is 3.53. The van der Waals surface area contributed by atoms with E-state index >= 15 is 0 Å². The summed E-state index contributed by atoms with van der Waals surface area (Å²) >= 11 is 0. The minimum absolute atomic E-state index is 0.298. The van der Waals surface area contributed by atoms with Gasteiger partial charge >= 0.3 is 0 Å². The molecular formula is C14H26N2O. The Morgan fingerprint density at radius 2 is 1.76 bits per heavy atom. The van der Waals surface area contributed by atoms with Crippen molar-refractivity contribution in [2.75, 3.05) is 13.6 Å². The first kappa shape index (κ1) is 12.9. The third-order valence-electron chi connectivity index (χ3n) is 4.57. The average molecular weight is 238 g/mol. The maximum Gasteiger partial charge on any atom is 0.237 e. The molecule has 3 nitrogen and oxygen atoms in total. The molecule has 1 N–H and O–H groups in total. The van der Waals surface area contributed by atoms with Gasteiger partial charge in [-0.05, 0) is 44.1 Å². The second-order valence-electron chi connectivity index (χ2n) is 6.75. The van der Waals surface area contributed by atoms with Crippen LogP contribution in [-0.4, -0.2) is 36.5 Å². The van der Waals surface area contributed by atoms with Crippen molar-refractivity contribution in [3.05, 3.63) is 0 Å². The van der Waals surface area contributed by atoms with E-state index in [0.717, 1.165) is 5.92 Å². The van der Waals surface area contributed by atoms with Crippen LogP contribution >= 0.6 is 0 Å². The summed E-state index contributed by atoms with van der Waals surface area (Å²) in [5, 5.41) is 2.98. The summed E-state index contributed by atoms with van der Waals surface area (Å²) in [7, 11) is 1.85. The van der Waals surface area contributed by atoms with Crippen molar-refractivity contribution in [2.24, 2.45) is 11.3 Å². The SMILES string of the molecule is CNCC(=O)N1[C@@H]2CC[C@H]1CC(C(C)(C)C)C2. The van der Waals surface area contributed by atoms with Crippen LogP contribution in [0.4, 0.5) is 0 Å². The van der Waals surface area contributed by atoms with Crippen LogP contribution < -0.4 is 5.32 Å². The highest BCUT2D eigenvalue weighted by molar-refractivity contribution is 5.79. The Balaban J connectivity index is 2.05. The molecular weight excluding hydrogens is 212 g/mol. The zero-order chi connectivity index (χ0) is 12.6. The van der Waals surface area contributed by atoms with Crippen molar-refractivity contribution in [3.8, 4) is 0 Å². The topological polar surface area (TPSA) is 32.3 Å². The molecule has 98 valence electrons. The Hall–Kier alpha value is -0.570. The van der Waals surface area contributed by atoms with Crippen molar-refractivity contribution >= 4 is 5.91 Å². The van der Waals surface area contributed by atoms with Gasteiger partial charge in [0.05, 0.1) is 6.54 Å². The molecule has 0 spiro atoms. The smallest absolute Gasteiger partial charge is 0.237 e.